The average molecular weight is 402 g/mol. The zero-order valence-corrected chi connectivity index (χ0v) is 16.4. The smallest absolute Gasteiger partial charge is 0.280 e. The van der Waals surface area contributed by atoms with E-state index >= 15 is 0 Å². The lowest BCUT2D eigenvalue weighted by atomic mass is 10.2. The van der Waals surface area contributed by atoms with Crippen molar-refractivity contribution in [1.82, 2.24) is 9.66 Å². The first-order valence-corrected chi connectivity index (χ1v) is 9.36. The highest BCUT2D eigenvalue weighted by Crippen LogP contribution is 2.19. The number of nitrogens with zero attached hydrogens (tertiary/aromatic N) is 2. The lowest BCUT2D eigenvalue weighted by Crippen LogP contribution is -2.37. The summed E-state index contributed by atoms with van der Waals surface area (Å²) in [6.45, 7) is 0. The van der Waals surface area contributed by atoms with E-state index in [1.807, 2.05) is 72.8 Å². The van der Waals surface area contributed by atoms with Gasteiger partial charge < -0.3 is 10.1 Å². The fraction of sp³-hybridized carbons (Fsp3) is 0.0455. The molecule has 3 aromatic carbocycles. The summed E-state index contributed by atoms with van der Waals surface area (Å²) in [5, 5.41) is 3.83. The number of aromatic nitrogens is 2. The van der Waals surface area contributed by atoms with Crippen LogP contribution in [0.25, 0.3) is 22.3 Å². The van der Waals surface area contributed by atoms with Gasteiger partial charge in [0.15, 0.2) is 10.9 Å². The van der Waals surface area contributed by atoms with Crippen molar-refractivity contribution in [2.24, 2.45) is 0 Å². The van der Waals surface area contributed by atoms with Gasteiger partial charge in [-0.05, 0) is 36.5 Å². The highest BCUT2D eigenvalue weighted by molar-refractivity contribution is 7.80. The molecule has 4 rings (SSSR count). The number of benzene rings is 3. The van der Waals surface area contributed by atoms with Crippen LogP contribution in [-0.2, 0) is 0 Å². The number of para-hydroxylation sites is 1. The number of hydrogen-bond acceptors (Lipinski definition) is 4. The maximum atomic E-state index is 13.2. The molecule has 0 spiro atoms. The fourth-order valence-corrected chi connectivity index (χ4v) is 3.19. The first-order chi connectivity index (χ1) is 14.2. The molecule has 0 aliphatic carbocycles. The molecule has 2 N–H and O–H groups in total. The van der Waals surface area contributed by atoms with Gasteiger partial charge in [-0.2, -0.15) is 4.68 Å². The second-order valence-electron chi connectivity index (χ2n) is 6.26. The lowest BCUT2D eigenvalue weighted by Gasteiger charge is -2.17. The highest BCUT2D eigenvalue weighted by Gasteiger charge is 2.13. The maximum Gasteiger partial charge on any atom is 0.280 e. The zero-order chi connectivity index (χ0) is 20.2. The molecule has 0 saturated carbocycles. The summed E-state index contributed by atoms with van der Waals surface area (Å²) >= 11 is 5.44. The summed E-state index contributed by atoms with van der Waals surface area (Å²) in [6.07, 6.45) is 0. The van der Waals surface area contributed by atoms with Crippen LogP contribution < -0.4 is 21.0 Å². The van der Waals surface area contributed by atoms with E-state index in [2.05, 4.69) is 15.7 Å². The third-order valence-electron chi connectivity index (χ3n) is 4.35. The average Bonchev–Trinajstić information content (AvgIpc) is 2.76. The first kappa shape index (κ1) is 18.6. The van der Waals surface area contributed by atoms with E-state index in [-0.39, 0.29) is 10.7 Å². The second kappa shape index (κ2) is 8.12. The highest BCUT2D eigenvalue weighted by atomic mass is 32.1. The molecule has 1 aromatic heterocycles. The summed E-state index contributed by atoms with van der Waals surface area (Å²) in [7, 11) is 1.60. The van der Waals surface area contributed by atoms with Gasteiger partial charge in [0.2, 0.25) is 0 Å². The molecule has 7 heteroatoms. The minimum Gasteiger partial charge on any atom is -0.497 e. The minimum absolute atomic E-state index is 0.232. The summed E-state index contributed by atoms with van der Waals surface area (Å²) in [4.78, 5) is 17.9. The molecule has 0 aliphatic rings. The van der Waals surface area contributed by atoms with Crippen molar-refractivity contribution in [2.75, 3.05) is 17.9 Å². The number of anilines is 1. The maximum absolute atomic E-state index is 13.2. The van der Waals surface area contributed by atoms with Crippen LogP contribution in [0.5, 0.6) is 5.75 Å². The van der Waals surface area contributed by atoms with E-state index < -0.39 is 0 Å². The Morgan fingerprint density at radius 3 is 2.55 bits per heavy atom. The summed E-state index contributed by atoms with van der Waals surface area (Å²) in [6, 6.07) is 24.1. The Kier molecular flexibility index (Phi) is 5.22. The molecule has 0 aliphatic heterocycles. The molecule has 144 valence electrons. The molecule has 0 unspecified atom stereocenters. The van der Waals surface area contributed by atoms with Gasteiger partial charge in [-0.25, -0.2) is 4.98 Å². The van der Waals surface area contributed by atoms with E-state index in [4.69, 9.17) is 17.0 Å². The van der Waals surface area contributed by atoms with Crippen LogP contribution in [0, 0.1) is 0 Å². The van der Waals surface area contributed by atoms with Crippen LogP contribution in [0.15, 0.2) is 83.7 Å². The Morgan fingerprint density at radius 2 is 1.76 bits per heavy atom. The van der Waals surface area contributed by atoms with Crippen LogP contribution in [0.4, 0.5) is 5.69 Å². The van der Waals surface area contributed by atoms with E-state index in [0.29, 0.717) is 22.5 Å². The fourth-order valence-electron chi connectivity index (χ4n) is 2.98. The van der Waals surface area contributed by atoms with Gasteiger partial charge in [-0.3, -0.25) is 10.2 Å². The van der Waals surface area contributed by atoms with Crippen LogP contribution in [0.1, 0.15) is 0 Å². The van der Waals surface area contributed by atoms with Crippen molar-refractivity contribution in [1.29, 1.82) is 0 Å². The van der Waals surface area contributed by atoms with Crippen LogP contribution in [0.2, 0.25) is 0 Å². The molecule has 0 amide bonds. The Balaban J connectivity index is 1.74. The number of fused-ring (bicyclic) bond motifs is 1. The van der Waals surface area contributed by atoms with Crippen LogP contribution in [-0.4, -0.2) is 21.9 Å². The molecular weight excluding hydrogens is 384 g/mol. The van der Waals surface area contributed by atoms with Gasteiger partial charge in [0.05, 0.1) is 18.0 Å². The van der Waals surface area contributed by atoms with Crippen molar-refractivity contribution in [3.63, 3.8) is 0 Å². The number of methoxy groups -OCH3 is 1. The molecule has 6 nitrogen and oxygen atoms in total. The third kappa shape index (κ3) is 3.95. The van der Waals surface area contributed by atoms with E-state index in [1.165, 1.54) is 4.68 Å². The minimum atomic E-state index is -0.232. The number of nitrogens with one attached hydrogen (secondary N) is 2. The van der Waals surface area contributed by atoms with Gasteiger partial charge >= 0.3 is 0 Å². The zero-order valence-electron chi connectivity index (χ0n) is 15.6. The number of rotatable bonds is 4. The SMILES string of the molecule is COc1cccc(NC(=S)Nn2c(-c3ccccc3)nc3ccccc3c2=O)c1. The van der Waals surface area contributed by atoms with Crippen molar-refractivity contribution < 1.29 is 4.74 Å². The summed E-state index contributed by atoms with van der Waals surface area (Å²) in [5.41, 5.74) is 4.91. The molecule has 0 saturated heterocycles. The molecule has 4 aromatic rings. The molecular formula is C22H18N4O2S. The van der Waals surface area contributed by atoms with Gasteiger partial charge in [-0.1, -0.05) is 48.5 Å². The molecule has 0 fully saturated rings. The van der Waals surface area contributed by atoms with Crippen molar-refractivity contribution in [2.45, 2.75) is 0 Å². The molecule has 1 heterocycles. The predicted molar refractivity (Wildman–Crippen MR) is 120 cm³/mol. The lowest BCUT2D eigenvalue weighted by molar-refractivity contribution is 0.415. The second-order valence-corrected chi connectivity index (χ2v) is 6.67. The number of thiocarbonyl (C=S) groups is 1. The number of ether oxygens (including phenoxy) is 1. The normalized spacial score (nSPS) is 10.5. The Labute approximate surface area is 172 Å². The quantitative estimate of drug-likeness (QED) is 0.503. The molecule has 29 heavy (non-hydrogen) atoms. The van der Waals surface area contributed by atoms with E-state index in [1.54, 1.807) is 13.2 Å². The van der Waals surface area contributed by atoms with Crippen LogP contribution in [0.3, 0.4) is 0 Å². The van der Waals surface area contributed by atoms with Gasteiger partial charge in [0.1, 0.15) is 5.75 Å². The van der Waals surface area contributed by atoms with Gasteiger partial charge in [0, 0.05) is 17.3 Å². The Bertz CT molecular complexity index is 1240. The largest absolute Gasteiger partial charge is 0.497 e. The first-order valence-electron chi connectivity index (χ1n) is 8.95. The van der Waals surface area contributed by atoms with Crippen LogP contribution >= 0.6 is 12.2 Å². The van der Waals surface area contributed by atoms with E-state index in [9.17, 15) is 4.79 Å². The van der Waals surface area contributed by atoms with Crippen molar-refractivity contribution in [3.05, 3.63) is 89.2 Å². The Hall–Kier alpha value is -3.71. The molecule has 0 bridgehead atoms. The summed E-state index contributed by atoms with van der Waals surface area (Å²) in [5.74, 6) is 1.18. The van der Waals surface area contributed by atoms with Crippen molar-refractivity contribution >= 4 is 33.9 Å². The van der Waals surface area contributed by atoms with Gasteiger partial charge in [0.25, 0.3) is 5.56 Å². The number of hydrogen-bond donors (Lipinski definition) is 2. The topological polar surface area (TPSA) is 68.2 Å². The molecule has 0 atom stereocenters. The van der Waals surface area contributed by atoms with E-state index in [0.717, 1.165) is 11.3 Å². The Morgan fingerprint density at radius 1 is 1.00 bits per heavy atom. The van der Waals surface area contributed by atoms with Gasteiger partial charge in [-0.15, -0.1) is 0 Å². The molecule has 0 radical (unpaired) electrons. The summed E-state index contributed by atoms with van der Waals surface area (Å²) < 4.78 is 6.60. The third-order valence-corrected chi connectivity index (χ3v) is 4.54. The predicted octanol–water partition coefficient (Wildman–Crippen LogP) is 4.01. The van der Waals surface area contributed by atoms with Crippen molar-refractivity contribution in [3.8, 4) is 17.1 Å². The standard InChI is InChI=1S/C22H18N4O2S/c1-28-17-11-7-10-16(14-17)23-22(29)25-26-20(15-8-3-2-4-9-15)24-19-13-6-5-12-18(19)21(26)27/h2-14H,1H3,(H2,23,25,29). The monoisotopic (exact) mass is 402 g/mol.